The third-order valence-electron chi connectivity index (χ3n) is 1.13. The molecule has 0 aliphatic carbocycles. The van der Waals surface area contributed by atoms with Crippen LogP contribution in [0.2, 0.25) is 0 Å². The first-order valence-corrected chi connectivity index (χ1v) is 3.22. The second-order valence-corrected chi connectivity index (χ2v) is 2.36. The molecule has 0 aliphatic rings. The Kier molecular flexibility index (Phi) is 3.50. The minimum absolute atomic E-state index is 0.294. The quantitative estimate of drug-likeness (QED) is 0.410. The van der Waals surface area contributed by atoms with Gasteiger partial charge < -0.3 is 9.47 Å². The van der Waals surface area contributed by atoms with Crippen LogP contribution in [0.4, 0.5) is 22.0 Å². The maximum Gasteiger partial charge on any atom is 0.467 e. The highest BCUT2D eigenvalue weighted by atomic mass is 19.4. The molecule has 0 unspecified atom stereocenters. The van der Waals surface area contributed by atoms with E-state index in [-0.39, 0.29) is 0 Å². The van der Waals surface area contributed by atoms with Gasteiger partial charge in [0.1, 0.15) is 0 Å². The lowest BCUT2D eigenvalue weighted by Gasteiger charge is -2.30. The molecule has 0 saturated carbocycles. The smallest absolute Gasteiger partial charge is 0.419 e. The minimum Gasteiger partial charge on any atom is -0.419 e. The summed E-state index contributed by atoms with van der Waals surface area (Å²) in [5.74, 6) is -3.47. The van der Waals surface area contributed by atoms with E-state index in [0.717, 1.165) is 0 Å². The molecule has 0 amide bonds. The van der Waals surface area contributed by atoms with Crippen molar-refractivity contribution < 1.29 is 31.4 Å². The van der Waals surface area contributed by atoms with E-state index in [4.69, 9.17) is 0 Å². The van der Waals surface area contributed by atoms with Crippen LogP contribution in [0, 0.1) is 0 Å². The molecule has 0 radical (unpaired) electrons. The zero-order valence-electron chi connectivity index (χ0n) is 7.12. The van der Waals surface area contributed by atoms with Crippen molar-refractivity contribution >= 4 is 0 Å². The average molecular weight is 218 g/mol. The van der Waals surface area contributed by atoms with Gasteiger partial charge in [0.2, 0.25) is 0 Å². The Bertz CT molecular complexity index is 229. The number of hydrogen-bond acceptors (Lipinski definition) is 2. The largest absolute Gasteiger partial charge is 0.467 e. The Morgan fingerprint density at radius 1 is 1.00 bits per heavy atom. The van der Waals surface area contributed by atoms with Crippen molar-refractivity contribution in [1.82, 2.24) is 0 Å². The maximum atomic E-state index is 12.2. The highest BCUT2D eigenvalue weighted by Gasteiger charge is 2.57. The van der Waals surface area contributed by atoms with Gasteiger partial charge in [0.25, 0.3) is 12.0 Å². The standard InChI is InChI=1S/C7H7F5O2/c1-4(8)13-6(3,7(10,11)12)14-5(2)9/h1-2H2,3H3. The second-order valence-electron chi connectivity index (χ2n) is 2.36. The summed E-state index contributed by atoms with van der Waals surface area (Å²) in [6.45, 7) is 5.17. The fraction of sp³-hybridized carbons (Fsp3) is 0.429. The zero-order valence-corrected chi connectivity index (χ0v) is 7.12. The molecule has 0 aromatic carbocycles. The van der Waals surface area contributed by atoms with Crippen molar-refractivity contribution in [2.75, 3.05) is 0 Å². The van der Waals surface area contributed by atoms with E-state index in [0.29, 0.717) is 6.92 Å². The first-order valence-electron chi connectivity index (χ1n) is 3.22. The van der Waals surface area contributed by atoms with Crippen LogP contribution in [0.15, 0.2) is 25.2 Å². The molecule has 0 aromatic rings. The van der Waals surface area contributed by atoms with Crippen LogP contribution in [-0.2, 0) is 9.47 Å². The first-order chi connectivity index (χ1) is 6.08. The summed E-state index contributed by atoms with van der Waals surface area (Å²) < 4.78 is 67.7. The number of rotatable bonds is 4. The molecular weight excluding hydrogens is 211 g/mol. The van der Waals surface area contributed by atoms with Gasteiger partial charge in [-0.05, 0) is 13.2 Å². The topological polar surface area (TPSA) is 18.5 Å². The van der Waals surface area contributed by atoms with Crippen molar-refractivity contribution in [3.63, 3.8) is 0 Å². The lowest BCUT2D eigenvalue weighted by molar-refractivity contribution is -0.359. The van der Waals surface area contributed by atoms with E-state index in [9.17, 15) is 22.0 Å². The molecule has 0 heterocycles. The monoisotopic (exact) mass is 218 g/mol. The van der Waals surface area contributed by atoms with Gasteiger partial charge >= 0.3 is 12.0 Å². The number of alkyl halides is 3. The van der Waals surface area contributed by atoms with Crippen LogP contribution >= 0.6 is 0 Å². The first kappa shape index (κ1) is 12.7. The Hall–Kier alpha value is -1.27. The lowest BCUT2D eigenvalue weighted by atomic mass is 10.3. The van der Waals surface area contributed by atoms with E-state index in [1.165, 1.54) is 0 Å². The van der Waals surface area contributed by atoms with Crippen molar-refractivity contribution in [3.05, 3.63) is 25.2 Å². The molecule has 0 fully saturated rings. The van der Waals surface area contributed by atoms with E-state index in [1.54, 1.807) is 0 Å². The fourth-order valence-electron chi connectivity index (χ4n) is 0.559. The van der Waals surface area contributed by atoms with Crippen LogP contribution in [0.5, 0.6) is 0 Å². The van der Waals surface area contributed by atoms with Crippen LogP contribution in [0.1, 0.15) is 6.92 Å². The molecule has 7 heteroatoms. The Morgan fingerprint density at radius 2 is 1.29 bits per heavy atom. The van der Waals surface area contributed by atoms with Crippen LogP contribution < -0.4 is 0 Å². The number of ether oxygens (including phenoxy) is 2. The van der Waals surface area contributed by atoms with Gasteiger partial charge in [-0.1, -0.05) is 0 Å². The van der Waals surface area contributed by atoms with Gasteiger partial charge in [-0.25, -0.2) is 0 Å². The summed E-state index contributed by atoms with van der Waals surface area (Å²) in [6, 6.07) is -3.49. The second kappa shape index (κ2) is 3.85. The van der Waals surface area contributed by atoms with Crippen LogP contribution in [-0.4, -0.2) is 12.0 Å². The third-order valence-corrected chi connectivity index (χ3v) is 1.13. The summed E-state index contributed by atoms with van der Waals surface area (Å²) in [7, 11) is 0. The molecule has 82 valence electrons. The summed E-state index contributed by atoms with van der Waals surface area (Å²) in [4.78, 5) is 0. The summed E-state index contributed by atoms with van der Waals surface area (Å²) >= 11 is 0. The zero-order chi connectivity index (χ0) is 11.6. The van der Waals surface area contributed by atoms with Gasteiger partial charge in [0.05, 0.1) is 0 Å². The molecule has 0 aromatic heterocycles. The summed E-state index contributed by atoms with van der Waals surface area (Å²) in [5.41, 5.74) is 0. The Morgan fingerprint density at radius 3 is 1.43 bits per heavy atom. The van der Waals surface area contributed by atoms with Gasteiger partial charge in [-0.2, -0.15) is 22.0 Å². The van der Waals surface area contributed by atoms with Crippen molar-refractivity contribution in [2.45, 2.75) is 18.9 Å². The van der Waals surface area contributed by atoms with E-state index in [1.807, 2.05) is 0 Å². The van der Waals surface area contributed by atoms with E-state index >= 15 is 0 Å². The highest BCUT2D eigenvalue weighted by Crippen LogP contribution is 2.37. The molecule has 0 rings (SSSR count). The van der Waals surface area contributed by atoms with Crippen LogP contribution in [0.25, 0.3) is 0 Å². The predicted octanol–water partition coefficient (Wildman–Crippen LogP) is 3.18. The van der Waals surface area contributed by atoms with Crippen molar-refractivity contribution in [3.8, 4) is 0 Å². The molecule has 14 heavy (non-hydrogen) atoms. The number of hydrogen-bond donors (Lipinski definition) is 0. The molecule has 0 aliphatic heterocycles. The minimum atomic E-state index is -5.13. The van der Waals surface area contributed by atoms with Crippen LogP contribution in [0.3, 0.4) is 0 Å². The number of halogens is 5. The molecule has 0 saturated heterocycles. The molecule has 0 atom stereocenters. The van der Waals surface area contributed by atoms with Gasteiger partial charge in [-0.3, -0.25) is 0 Å². The Balaban J connectivity index is 4.85. The molecule has 0 spiro atoms. The normalized spacial score (nSPS) is 12.1. The predicted molar refractivity (Wildman–Crippen MR) is 37.1 cm³/mol. The van der Waals surface area contributed by atoms with E-state index < -0.39 is 24.0 Å². The SMILES string of the molecule is C=C(F)OC(C)(OC(=C)F)C(F)(F)F. The molecule has 0 bridgehead atoms. The lowest BCUT2D eigenvalue weighted by Crippen LogP contribution is -2.46. The Labute approximate surface area is 76.6 Å². The molecule has 2 nitrogen and oxygen atoms in total. The highest BCUT2D eigenvalue weighted by molar-refractivity contribution is 4.84. The van der Waals surface area contributed by atoms with Gasteiger partial charge in [-0.15, -0.1) is 0 Å². The van der Waals surface area contributed by atoms with Crippen molar-refractivity contribution in [2.24, 2.45) is 0 Å². The average Bonchev–Trinajstić information content (AvgIpc) is 1.78. The fourth-order valence-corrected chi connectivity index (χ4v) is 0.559. The third kappa shape index (κ3) is 3.23. The van der Waals surface area contributed by atoms with E-state index in [2.05, 4.69) is 22.6 Å². The van der Waals surface area contributed by atoms with Gasteiger partial charge in [0.15, 0.2) is 0 Å². The van der Waals surface area contributed by atoms with Crippen molar-refractivity contribution in [1.29, 1.82) is 0 Å². The maximum absolute atomic E-state index is 12.2. The molecular formula is C7H7F5O2. The summed E-state index contributed by atoms with van der Waals surface area (Å²) in [6.07, 6.45) is -5.13. The summed E-state index contributed by atoms with van der Waals surface area (Å²) in [5, 5.41) is 0. The molecule has 0 N–H and O–H groups in total. The van der Waals surface area contributed by atoms with Gasteiger partial charge in [0, 0.05) is 6.92 Å².